The number of benzene rings is 1. The molecule has 0 spiro atoms. The van der Waals surface area contributed by atoms with Gasteiger partial charge in [0, 0.05) is 31.9 Å². The highest BCUT2D eigenvalue weighted by molar-refractivity contribution is 8.93. The summed E-state index contributed by atoms with van der Waals surface area (Å²) >= 11 is 0. The van der Waals surface area contributed by atoms with Gasteiger partial charge in [-0.15, -0.1) is 17.0 Å². The third-order valence-electron chi connectivity index (χ3n) is 3.29. The number of aromatic hydroxyl groups is 1. The summed E-state index contributed by atoms with van der Waals surface area (Å²) in [5.41, 5.74) is 4.29. The molecule has 0 atom stereocenters. The Kier molecular flexibility index (Phi) is 5.32. The Morgan fingerprint density at radius 2 is 2.11 bits per heavy atom. The molecule has 1 N–H and O–H groups in total. The third kappa shape index (κ3) is 2.74. The molecule has 1 aliphatic rings. The highest BCUT2D eigenvalue weighted by atomic mass is 79.9. The minimum absolute atomic E-state index is 0. The summed E-state index contributed by atoms with van der Waals surface area (Å²) in [6.45, 7) is 2.97. The van der Waals surface area contributed by atoms with E-state index in [1.54, 1.807) is 0 Å². The van der Waals surface area contributed by atoms with E-state index in [-0.39, 0.29) is 17.0 Å². The van der Waals surface area contributed by atoms with Crippen molar-refractivity contribution in [2.75, 3.05) is 25.5 Å². The van der Waals surface area contributed by atoms with Crippen LogP contribution in [0.2, 0.25) is 0 Å². The van der Waals surface area contributed by atoms with Crippen molar-refractivity contribution in [2.24, 2.45) is 0 Å². The van der Waals surface area contributed by atoms with Crippen LogP contribution in [0.4, 0.5) is 11.4 Å². The summed E-state index contributed by atoms with van der Waals surface area (Å²) in [6, 6.07) is 2.12. The number of hydrogen-bond acceptors (Lipinski definition) is 2. The van der Waals surface area contributed by atoms with Crippen LogP contribution in [0.25, 0.3) is 0 Å². The Balaban J connectivity index is 0.00000162. The van der Waals surface area contributed by atoms with Crippen molar-refractivity contribution in [1.29, 1.82) is 0 Å². The third-order valence-corrected chi connectivity index (χ3v) is 3.29. The maximum absolute atomic E-state index is 10.3. The van der Waals surface area contributed by atoms with Crippen LogP contribution in [-0.2, 0) is 12.8 Å². The molecule has 1 heterocycles. The molecular weight excluding hydrogens is 292 g/mol. The van der Waals surface area contributed by atoms with Gasteiger partial charge < -0.3 is 10.0 Å². The van der Waals surface area contributed by atoms with Gasteiger partial charge in [-0.1, -0.05) is 13.3 Å². The van der Waals surface area contributed by atoms with Gasteiger partial charge in [-0.25, -0.2) is 0 Å². The molecular formula is C14H22BrN2O. The number of halogens is 1. The summed E-state index contributed by atoms with van der Waals surface area (Å²) in [7, 11) is 4.11. The van der Waals surface area contributed by atoms with E-state index < -0.39 is 0 Å². The van der Waals surface area contributed by atoms with Crippen molar-refractivity contribution in [1.82, 2.24) is 5.32 Å². The molecule has 0 unspecified atom stereocenters. The molecule has 1 radical (unpaired) electrons. The lowest BCUT2D eigenvalue weighted by Gasteiger charge is -2.26. The molecule has 2 rings (SSSR count). The van der Waals surface area contributed by atoms with E-state index in [4.69, 9.17) is 0 Å². The zero-order valence-electron chi connectivity index (χ0n) is 11.4. The Bertz CT molecular complexity index is 419. The molecule has 18 heavy (non-hydrogen) atoms. The first-order chi connectivity index (χ1) is 8.15. The molecule has 1 aromatic carbocycles. The molecule has 0 saturated heterocycles. The number of phenolic OH excluding ortho intramolecular Hbond substituents is 1. The fourth-order valence-electron chi connectivity index (χ4n) is 2.46. The minimum Gasteiger partial charge on any atom is -0.505 e. The predicted molar refractivity (Wildman–Crippen MR) is 81.7 cm³/mol. The first-order valence-electron chi connectivity index (χ1n) is 6.37. The molecule has 101 valence electrons. The monoisotopic (exact) mass is 313 g/mol. The highest BCUT2D eigenvalue weighted by Crippen LogP contribution is 2.41. The molecule has 0 fully saturated rings. The Morgan fingerprint density at radius 1 is 1.39 bits per heavy atom. The van der Waals surface area contributed by atoms with E-state index >= 15 is 0 Å². The lowest BCUT2D eigenvalue weighted by molar-refractivity contribution is 0.461. The van der Waals surface area contributed by atoms with E-state index in [2.05, 4.69) is 37.3 Å². The van der Waals surface area contributed by atoms with Gasteiger partial charge in [-0.2, -0.15) is 0 Å². The molecule has 1 aromatic rings. The van der Waals surface area contributed by atoms with Crippen LogP contribution in [0, 0.1) is 0 Å². The summed E-state index contributed by atoms with van der Waals surface area (Å²) in [6.07, 6.45) is 4.06. The van der Waals surface area contributed by atoms with Crippen LogP contribution >= 0.6 is 17.0 Å². The number of anilines is 1. The zero-order valence-corrected chi connectivity index (χ0v) is 13.1. The van der Waals surface area contributed by atoms with Crippen LogP contribution in [-0.4, -0.2) is 25.7 Å². The molecule has 3 nitrogen and oxygen atoms in total. The van der Waals surface area contributed by atoms with Crippen molar-refractivity contribution in [3.8, 4) is 5.75 Å². The smallest absolute Gasteiger partial charge is 0.144 e. The maximum atomic E-state index is 10.3. The van der Waals surface area contributed by atoms with E-state index in [0.717, 1.165) is 43.5 Å². The topological polar surface area (TPSA) is 37.6 Å². The summed E-state index contributed by atoms with van der Waals surface area (Å²) in [4.78, 5) is 2.12. The number of rotatable bonds is 3. The zero-order chi connectivity index (χ0) is 12.4. The second-order valence-corrected chi connectivity index (χ2v) is 4.86. The fourth-order valence-corrected chi connectivity index (χ4v) is 2.46. The van der Waals surface area contributed by atoms with Crippen LogP contribution in [0.5, 0.6) is 5.75 Å². The van der Waals surface area contributed by atoms with E-state index in [0.29, 0.717) is 5.75 Å². The van der Waals surface area contributed by atoms with Gasteiger partial charge in [0.25, 0.3) is 0 Å². The van der Waals surface area contributed by atoms with E-state index in [9.17, 15) is 5.11 Å². The normalized spacial score (nSPS) is 13.3. The van der Waals surface area contributed by atoms with Gasteiger partial charge in [0.15, 0.2) is 0 Å². The molecule has 0 aliphatic carbocycles. The largest absolute Gasteiger partial charge is 0.505 e. The maximum Gasteiger partial charge on any atom is 0.144 e. The van der Waals surface area contributed by atoms with Crippen molar-refractivity contribution in [2.45, 2.75) is 32.6 Å². The van der Waals surface area contributed by atoms with Crippen LogP contribution in [0.1, 0.15) is 30.9 Å². The summed E-state index contributed by atoms with van der Waals surface area (Å²) in [5.74, 6) is 0.409. The van der Waals surface area contributed by atoms with Crippen LogP contribution in [0.15, 0.2) is 6.07 Å². The van der Waals surface area contributed by atoms with Gasteiger partial charge in [0.2, 0.25) is 0 Å². The van der Waals surface area contributed by atoms with Gasteiger partial charge >= 0.3 is 0 Å². The number of aryl methyl sites for hydroxylation is 1. The van der Waals surface area contributed by atoms with Crippen molar-refractivity contribution in [3.63, 3.8) is 0 Å². The average Bonchev–Trinajstić information content (AvgIpc) is 2.32. The first kappa shape index (κ1) is 15.2. The molecule has 4 heteroatoms. The number of nitrogens with zero attached hydrogens (tertiary/aromatic N) is 2. The highest BCUT2D eigenvalue weighted by Gasteiger charge is 2.21. The Morgan fingerprint density at radius 3 is 2.72 bits per heavy atom. The lowest BCUT2D eigenvalue weighted by Crippen LogP contribution is -2.18. The van der Waals surface area contributed by atoms with Gasteiger partial charge in [-0.3, -0.25) is 5.32 Å². The van der Waals surface area contributed by atoms with E-state index in [1.165, 1.54) is 11.3 Å². The van der Waals surface area contributed by atoms with Gasteiger partial charge in [-0.05, 0) is 30.9 Å². The first-order valence-corrected chi connectivity index (χ1v) is 6.37. The summed E-state index contributed by atoms with van der Waals surface area (Å²) in [5, 5.41) is 14.8. The lowest BCUT2D eigenvalue weighted by atomic mass is 9.95. The fraction of sp³-hybridized carbons (Fsp3) is 0.571. The molecule has 0 aromatic heterocycles. The summed E-state index contributed by atoms with van der Waals surface area (Å²) < 4.78 is 0. The second-order valence-electron chi connectivity index (χ2n) is 4.86. The quantitative estimate of drug-likeness (QED) is 0.930. The van der Waals surface area contributed by atoms with Crippen LogP contribution in [0.3, 0.4) is 0 Å². The van der Waals surface area contributed by atoms with Crippen molar-refractivity contribution >= 4 is 28.4 Å². The SMILES string of the molecule is Br.CCCc1cc(N(C)C)c2c(c1O)[N]CCC2. The Hall–Kier alpha value is -0.900. The minimum atomic E-state index is 0. The molecule has 1 aliphatic heterocycles. The average molecular weight is 314 g/mol. The predicted octanol–water partition coefficient (Wildman–Crippen LogP) is 3.17. The van der Waals surface area contributed by atoms with Crippen molar-refractivity contribution in [3.05, 3.63) is 17.2 Å². The number of fused-ring (bicyclic) bond motifs is 1. The number of phenols is 1. The van der Waals surface area contributed by atoms with Crippen molar-refractivity contribution < 1.29 is 5.11 Å². The van der Waals surface area contributed by atoms with Crippen LogP contribution < -0.4 is 10.2 Å². The Labute approximate surface area is 120 Å². The molecule has 0 bridgehead atoms. The molecule has 0 amide bonds. The number of hydrogen-bond donors (Lipinski definition) is 1. The van der Waals surface area contributed by atoms with Gasteiger partial charge in [0.1, 0.15) is 11.4 Å². The van der Waals surface area contributed by atoms with Gasteiger partial charge in [0.05, 0.1) is 0 Å². The van der Waals surface area contributed by atoms with E-state index in [1.807, 2.05) is 0 Å². The molecule has 0 saturated carbocycles. The standard InChI is InChI=1S/C14H21N2O.BrH/c1-4-6-10-9-12(16(2)3)11-7-5-8-15-13(11)14(10)17;/h9,17H,4-8H2,1-3H3;1H. The second kappa shape index (κ2) is 6.32.